The van der Waals surface area contributed by atoms with Crippen LogP contribution in [-0.4, -0.2) is 23.2 Å². The molecule has 2 N–H and O–H groups in total. The fraction of sp³-hybridized carbons (Fsp3) is 0.462. The highest BCUT2D eigenvalue weighted by molar-refractivity contribution is 5.91. The smallest absolute Gasteiger partial charge is 0.244 e. The third kappa shape index (κ3) is 3.46. The molecule has 0 unspecified atom stereocenters. The number of aliphatic hydroxyl groups is 1. The van der Waals surface area contributed by atoms with E-state index in [2.05, 4.69) is 5.32 Å². The minimum absolute atomic E-state index is 0.207. The van der Waals surface area contributed by atoms with Gasteiger partial charge in [0.2, 0.25) is 5.91 Å². The van der Waals surface area contributed by atoms with Crippen molar-refractivity contribution in [3.05, 3.63) is 30.2 Å². The van der Waals surface area contributed by atoms with Gasteiger partial charge in [0.1, 0.15) is 5.76 Å². The Labute approximate surface area is 100 Å². The molecule has 17 heavy (non-hydrogen) atoms. The molecule has 0 aromatic carbocycles. The van der Waals surface area contributed by atoms with Crippen LogP contribution in [0.15, 0.2) is 28.9 Å². The summed E-state index contributed by atoms with van der Waals surface area (Å²) in [4.78, 5) is 11.5. The molecule has 0 saturated heterocycles. The van der Waals surface area contributed by atoms with E-state index in [1.165, 1.54) is 6.08 Å². The highest BCUT2D eigenvalue weighted by atomic mass is 16.3. The summed E-state index contributed by atoms with van der Waals surface area (Å²) in [7, 11) is 0. The second kappa shape index (κ2) is 5.19. The van der Waals surface area contributed by atoms with Gasteiger partial charge >= 0.3 is 0 Å². The van der Waals surface area contributed by atoms with Crippen molar-refractivity contribution < 1.29 is 14.3 Å². The molecule has 1 aromatic heterocycles. The molecule has 4 nitrogen and oxygen atoms in total. The fourth-order valence-corrected chi connectivity index (χ4v) is 2.06. The molecular weight excluding hydrogens is 218 g/mol. The van der Waals surface area contributed by atoms with Crippen molar-refractivity contribution in [3.8, 4) is 0 Å². The van der Waals surface area contributed by atoms with E-state index in [0.717, 1.165) is 25.7 Å². The summed E-state index contributed by atoms with van der Waals surface area (Å²) < 4.78 is 5.07. The maximum Gasteiger partial charge on any atom is 0.244 e. The predicted octanol–water partition coefficient (Wildman–Crippen LogP) is 1.71. The zero-order valence-corrected chi connectivity index (χ0v) is 9.69. The first-order chi connectivity index (χ1) is 8.18. The Bertz CT molecular complexity index is 389. The number of nitrogens with one attached hydrogen (secondary N) is 1. The first kappa shape index (κ1) is 11.9. The van der Waals surface area contributed by atoms with Gasteiger partial charge in [-0.1, -0.05) is 12.8 Å². The molecule has 1 amide bonds. The van der Waals surface area contributed by atoms with Crippen LogP contribution in [0.3, 0.4) is 0 Å². The van der Waals surface area contributed by atoms with Crippen LogP contribution in [0, 0.1) is 0 Å². The third-order valence-electron chi connectivity index (χ3n) is 3.07. The van der Waals surface area contributed by atoms with E-state index in [4.69, 9.17) is 4.42 Å². The van der Waals surface area contributed by atoms with Gasteiger partial charge in [0.15, 0.2) is 0 Å². The number of rotatable bonds is 4. The Morgan fingerprint density at radius 3 is 2.94 bits per heavy atom. The van der Waals surface area contributed by atoms with Crippen LogP contribution in [0.5, 0.6) is 0 Å². The normalized spacial score (nSPS) is 18.6. The highest BCUT2D eigenvalue weighted by Crippen LogP contribution is 2.28. The molecule has 1 aromatic rings. The zero-order valence-electron chi connectivity index (χ0n) is 9.69. The second-order valence-corrected chi connectivity index (χ2v) is 4.50. The molecule has 2 rings (SSSR count). The van der Waals surface area contributed by atoms with E-state index in [9.17, 15) is 9.90 Å². The van der Waals surface area contributed by atoms with Crippen molar-refractivity contribution in [2.75, 3.05) is 6.54 Å². The van der Waals surface area contributed by atoms with E-state index >= 15 is 0 Å². The lowest BCUT2D eigenvalue weighted by molar-refractivity contribution is -0.117. The molecule has 1 aliphatic rings. The first-order valence-electron chi connectivity index (χ1n) is 5.90. The quantitative estimate of drug-likeness (QED) is 0.781. The Morgan fingerprint density at radius 2 is 2.29 bits per heavy atom. The monoisotopic (exact) mass is 235 g/mol. The number of amides is 1. The second-order valence-electron chi connectivity index (χ2n) is 4.50. The van der Waals surface area contributed by atoms with Crippen molar-refractivity contribution in [3.63, 3.8) is 0 Å². The van der Waals surface area contributed by atoms with Gasteiger partial charge in [0.05, 0.1) is 11.9 Å². The molecule has 92 valence electrons. The molecule has 1 fully saturated rings. The lowest BCUT2D eigenvalue weighted by Gasteiger charge is -2.21. The maximum absolute atomic E-state index is 11.5. The van der Waals surface area contributed by atoms with Gasteiger partial charge in [0.25, 0.3) is 0 Å². The van der Waals surface area contributed by atoms with Crippen molar-refractivity contribution >= 4 is 12.0 Å². The average molecular weight is 235 g/mol. The van der Waals surface area contributed by atoms with Crippen LogP contribution in [0.2, 0.25) is 0 Å². The summed E-state index contributed by atoms with van der Waals surface area (Å²) in [5.74, 6) is 0.432. The third-order valence-corrected chi connectivity index (χ3v) is 3.07. The van der Waals surface area contributed by atoms with E-state index in [1.54, 1.807) is 24.5 Å². The minimum atomic E-state index is -0.700. The number of carbonyl (C=O) groups is 1. The SMILES string of the molecule is O=C(/C=C/c1ccco1)NCC1(O)CCCC1. The van der Waals surface area contributed by atoms with E-state index < -0.39 is 5.60 Å². The topological polar surface area (TPSA) is 62.5 Å². The summed E-state index contributed by atoms with van der Waals surface area (Å²) in [5.41, 5.74) is -0.700. The standard InChI is InChI=1S/C13H17NO3/c15-12(6-5-11-4-3-9-17-11)14-10-13(16)7-1-2-8-13/h3-6,9,16H,1-2,7-8,10H2,(H,14,15)/b6-5+. The van der Waals surface area contributed by atoms with Crippen LogP contribution in [0.4, 0.5) is 0 Å². The minimum Gasteiger partial charge on any atom is -0.465 e. The maximum atomic E-state index is 11.5. The molecular formula is C13H17NO3. The van der Waals surface area contributed by atoms with Crippen molar-refractivity contribution in [1.82, 2.24) is 5.32 Å². The first-order valence-corrected chi connectivity index (χ1v) is 5.90. The summed E-state index contributed by atoms with van der Waals surface area (Å²) in [5, 5.41) is 12.7. The van der Waals surface area contributed by atoms with E-state index in [-0.39, 0.29) is 5.91 Å². The molecule has 0 bridgehead atoms. The van der Waals surface area contributed by atoms with E-state index in [0.29, 0.717) is 12.3 Å². The Balaban J connectivity index is 1.78. The number of furan rings is 1. The Hall–Kier alpha value is -1.55. The van der Waals surface area contributed by atoms with Gasteiger partial charge in [-0.2, -0.15) is 0 Å². The Kier molecular flexibility index (Phi) is 3.64. The molecule has 0 radical (unpaired) electrons. The summed E-state index contributed by atoms with van der Waals surface area (Å²) in [6, 6.07) is 3.53. The van der Waals surface area contributed by atoms with Crippen LogP contribution in [0.25, 0.3) is 6.08 Å². The van der Waals surface area contributed by atoms with Gasteiger partial charge in [-0.15, -0.1) is 0 Å². The van der Waals surface area contributed by atoms with Crippen molar-refractivity contribution in [2.45, 2.75) is 31.3 Å². The number of hydrogen-bond acceptors (Lipinski definition) is 3. The molecule has 1 saturated carbocycles. The van der Waals surface area contributed by atoms with Crippen LogP contribution >= 0.6 is 0 Å². The molecule has 1 aliphatic carbocycles. The number of carbonyl (C=O) groups excluding carboxylic acids is 1. The van der Waals surface area contributed by atoms with Gasteiger partial charge in [-0.3, -0.25) is 4.79 Å². The molecule has 0 atom stereocenters. The lowest BCUT2D eigenvalue weighted by atomic mass is 10.0. The summed E-state index contributed by atoms with van der Waals surface area (Å²) >= 11 is 0. The number of hydrogen-bond donors (Lipinski definition) is 2. The molecule has 0 aliphatic heterocycles. The Morgan fingerprint density at radius 1 is 1.53 bits per heavy atom. The summed E-state index contributed by atoms with van der Waals surface area (Å²) in [6.07, 6.45) is 8.19. The van der Waals surface area contributed by atoms with Crippen LogP contribution in [-0.2, 0) is 4.79 Å². The van der Waals surface area contributed by atoms with E-state index in [1.807, 2.05) is 0 Å². The molecule has 4 heteroatoms. The van der Waals surface area contributed by atoms with Gasteiger partial charge in [0, 0.05) is 12.6 Å². The zero-order chi connectivity index (χ0) is 12.1. The molecule has 1 heterocycles. The average Bonchev–Trinajstić information content (AvgIpc) is 2.95. The van der Waals surface area contributed by atoms with Gasteiger partial charge < -0.3 is 14.8 Å². The summed E-state index contributed by atoms with van der Waals surface area (Å²) in [6.45, 7) is 0.328. The van der Waals surface area contributed by atoms with Crippen molar-refractivity contribution in [2.24, 2.45) is 0 Å². The molecule has 0 spiro atoms. The van der Waals surface area contributed by atoms with Crippen molar-refractivity contribution in [1.29, 1.82) is 0 Å². The largest absolute Gasteiger partial charge is 0.465 e. The van der Waals surface area contributed by atoms with Crippen LogP contribution < -0.4 is 5.32 Å². The van der Waals surface area contributed by atoms with Crippen LogP contribution in [0.1, 0.15) is 31.4 Å². The highest BCUT2D eigenvalue weighted by Gasteiger charge is 2.30. The van der Waals surface area contributed by atoms with Gasteiger partial charge in [-0.05, 0) is 31.1 Å². The fourth-order valence-electron chi connectivity index (χ4n) is 2.06. The lowest BCUT2D eigenvalue weighted by Crippen LogP contribution is -2.40. The predicted molar refractivity (Wildman–Crippen MR) is 64.2 cm³/mol. The van der Waals surface area contributed by atoms with Gasteiger partial charge in [-0.25, -0.2) is 0 Å².